The monoisotopic (exact) mass is 278 g/mol. The summed E-state index contributed by atoms with van der Waals surface area (Å²) in [5, 5.41) is 8.18. The highest BCUT2D eigenvalue weighted by molar-refractivity contribution is 7.09. The van der Waals surface area contributed by atoms with E-state index in [1.54, 1.807) is 11.3 Å². The van der Waals surface area contributed by atoms with Crippen LogP contribution in [0.25, 0.3) is 0 Å². The van der Waals surface area contributed by atoms with Gasteiger partial charge in [-0.05, 0) is 43.6 Å². The molecule has 0 aromatic carbocycles. The van der Waals surface area contributed by atoms with Gasteiger partial charge in [0.2, 0.25) is 5.91 Å². The van der Waals surface area contributed by atoms with Crippen molar-refractivity contribution in [3.63, 3.8) is 0 Å². The third-order valence-corrected chi connectivity index (χ3v) is 4.19. The van der Waals surface area contributed by atoms with Crippen molar-refractivity contribution in [1.82, 2.24) is 10.6 Å². The molecule has 104 valence electrons. The van der Waals surface area contributed by atoms with E-state index in [1.165, 1.54) is 36.1 Å². The van der Waals surface area contributed by atoms with Crippen molar-refractivity contribution in [3.05, 3.63) is 34.0 Å². The summed E-state index contributed by atoms with van der Waals surface area (Å²) in [6, 6.07) is 4.10. The zero-order valence-corrected chi connectivity index (χ0v) is 12.1. The number of carbonyl (C=O) groups excluding carboxylic acids is 1. The number of hydrogen-bond acceptors (Lipinski definition) is 3. The minimum Gasteiger partial charge on any atom is -0.355 e. The molecule has 1 amide bonds. The molecular weight excluding hydrogens is 256 g/mol. The number of thiophene rings is 1. The Morgan fingerprint density at radius 1 is 1.37 bits per heavy atom. The molecule has 2 N–H and O–H groups in total. The first-order valence-electron chi connectivity index (χ1n) is 7.02. The molecule has 1 aromatic rings. The molecule has 1 aliphatic carbocycles. The SMILES string of the molecule is O=C(CNCc1cccs1)NCCC1=CCCCC1. The van der Waals surface area contributed by atoms with Gasteiger partial charge in [0.25, 0.3) is 0 Å². The standard InChI is InChI=1S/C15H22N2OS/c18-15(12-16-11-14-7-4-10-19-14)17-9-8-13-5-2-1-3-6-13/h4-5,7,10,16H,1-3,6,8-9,11-12H2,(H,17,18). The summed E-state index contributed by atoms with van der Waals surface area (Å²) in [6.45, 7) is 1.94. The van der Waals surface area contributed by atoms with Crippen LogP contribution in [0.3, 0.4) is 0 Å². The van der Waals surface area contributed by atoms with Crippen molar-refractivity contribution in [2.75, 3.05) is 13.1 Å². The van der Waals surface area contributed by atoms with Gasteiger partial charge in [-0.15, -0.1) is 11.3 Å². The van der Waals surface area contributed by atoms with E-state index in [4.69, 9.17) is 0 Å². The molecule has 3 nitrogen and oxygen atoms in total. The van der Waals surface area contributed by atoms with Crippen LogP contribution in [0, 0.1) is 0 Å². The number of hydrogen-bond donors (Lipinski definition) is 2. The molecule has 0 fully saturated rings. The van der Waals surface area contributed by atoms with E-state index >= 15 is 0 Å². The Balaban J connectivity index is 1.53. The Kier molecular flexibility index (Phi) is 6.11. The number of allylic oxidation sites excluding steroid dienone is 1. The van der Waals surface area contributed by atoms with E-state index in [2.05, 4.69) is 28.2 Å². The first-order valence-corrected chi connectivity index (χ1v) is 7.90. The molecule has 0 saturated carbocycles. The largest absolute Gasteiger partial charge is 0.355 e. The predicted molar refractivity (Wildman–Crippen MR) is 80.2 cm³/mol. The molecule has 1 aromatic heterocycles. The number of nitrogens with one attached hydrogen (secondary N) is 2. The van der Waals surface area contributed by atoms with Crippen molar-refractivity contribution >= 4 is 17.2 Å². The fourth-order valence-corrected chi connectivity index (χ4v) is 2.94. The molecule has 2 rings (SSSR count). The van der Waals surface area contributed by atoms with E-state index in [0.717, 1.165) is 19.5 Å². The molecule has 0 bridgehead atoms. The van der Waals surface area contributed by atoms with E-state index in [9.17, 15) is 4.79 Å². The first-order chi connectivity index (χ1) is 9.34. The third kappa shape index (κ3) is 5.57. The van der Waals surface area contributed by atoms with E-state index in [1.807, 2.05) is 6.07 Å². The molecule has 0 aliphatic heterocycles. The van der Waals surface area contributed by atoms with Gasteiger partial charge in [0.05, 0.1) is 6.54 Å². The topological polar surface area (TPSA) is 41.1 Å². The van der Waals surface area contributed by atoms with Crippen molar-refractivity contribution < 1.29 is 4.79 Å². The maximum absolute atomic E-state index is 11.6. The van der Waals surface area contributed by atoms with Crippen LogP contribution in [0.2, 0.25) is 0 Å². The summed E-state index contributed by atoms with van der Waals surface area (Å²) >= 11 is 1.71. The number of amides is 1. The summed E-state index contributed by atoms with van der Waals surface area (Å²) in [4.78, 5) is 12.9. The first kappa shape index (κ1) is 14.3. The van der Waals surface area contributed by atoms with Gasteiger partial charge < -0.3 is 10.6 Å². The van der Waals surface area contributed by atoms with Gasteiger partial charge in [0, 0.05) is 18.0 Å². The van der Waals surface area contributed by atoms with Crippen molar-refractivity contribution in [3.8, 4) is 0 Å². The van der Waals surface area contributed by atoms with Gasteiger partial charge in [0.15, 0.2) is 0 Å². The molecule has 0 atom stereocenters. The van der Waals surface area contributed by atoms with Crippen LogP contribution < -0.4 is 10.6 Å². The maximum Gasteiger partial charge on any atom is 0.233 e. The lowest BCUT2D eigenvalue weighted by Crippen LogP contribution is -2.34. The minimum absolute atomic E-state index is 0.0907. The van der Waals surface area contributed by atoms with E-state index in [0.29, 0.717) is 6.54 Å². The van der Waals surface area contributed by atoms with Crippen LogP contribution in [0.4, 0.5) is 0 Å². The smallest absolute Gasteiger partial charge is 0.233 e. The molecule has 19 heavy (non-hydrogen) atoms. The second kappa shape index (κ2) is 8.12. The second-order valence-corrected chi connectivity index (χ2v) is 5.92. The van der Waals surface area contributed by atoms with Crippen LogP contribution in [0.5, 0.6) is 0 Å². The zero-order valence-electron chi connectivity index (χ0n) is 11.3. The van der Waals surface area contributed by atoms with Gasteiger partial charge in [-0.2, -0.15) is 0 Å². The average Bonchev–Trinajstić information content (AvgIpc) is 2.93. The lowest BCUT2D eigenvalue weighted by molar-refractivity contribution is -0.120. The minimum atomic E-state index is 0.0907. The molecule has 1 heterocycles. The Labute approximate surface area is 119 Å². The Morgan fingerprint density at radius 3 is 3.05 bits per heavy atom. The number of carbonyl (C=O) groups is 1. The molecule has 4 heteroatoms. The fraction of sp³-hybridized carbons (Fsp3) is 0.533. The molecule has 0 radical (unpaired) electrons. The highest BCUT2D eigenvalue weighted by atomic mass is 32.1. The summed E-state index contributed by atoms with van der Waals surface area (Å²) in [5.74, 6) is 0.0907. The van der Waals surface area contributed by atoms with Gasteiger partial charge in [0.1, 0.15) is 0 Å². The lowest BCUT2D eigenvalue weighted by atomic mass is 9.97. The molecule has 0 spiro atoms. The summed E-state index contributed by atoms with van der Waals surface area (Å²) in [7, 11) is 0. The zero-order chi connectivity index (χ0) is 13.3. The van der Waals surface area contributed by atoms with E-state index in [-0.39, 0.29) is 5.91 Å². The van der Waals surface area contributed by atoms with Gasteiger partial charge >= 0.3 is 0 Å². The highest BCUT2D eigenvalue weighted by Gasteiger charge is 2.05. The highest BCUT2D eigenvalue weighted by Crippen LogP contribution is 2.19. The maximum atomic E-state index is 11.6. The third-order valence-electron chi connectivity index (χ3n) is 3.32. The molecular formula is C15H22N2OS. The van der Waals surface area contributed by atoms with E-state index < -0.39 is 0 Å². The Hall–Kier alpha value is -1.13. The quantitative estimate of drug-likeness (QED) is 0.753. The Bertz CT molecular complexity index is 412. The van der Waals surface area contributed by atoms with Crippen molar-refractivity contribution in [1.29, 1.82) is 0 Å². The normalized spacial score (nSPS) is 15.1. The van der Waals surface area contributed by atoms with Crippen LogP contribution in [-0.2, 0) is 11.3 Å². The lowest BCUT2D eigenvalue weighted by Gasteiger charge is -2.13. The summed E-state index contributed by atoms with van der Waals surface area (Å²) < 4.78 is 0. The summed E-state index contributed by atoms with van der Waals surface area (Å²) in [5.41, 5.74) is 1.51. The van der Waals surface area contributed by atoms with Crippen molar-refractivity contribution in [2.24, 2.45) is 0 Å². The van der Waals surface area contributed by atoms with Gasteiger partial charge in [-0.1, -0.05) is 17.7 Å². The number of rotatable bonds is 7. The molecule has 0 saturated heterocycles. The fourth-order valence-electron chi connectivity index (χ4n) is 2.27. The van der Waals surface area contributed by atoms with Crippen LogP contribution in [0.1, 0.15) is 37.0 Å². The average molecular weight is 278 g/mol. The van der Waals surface area contributed by atoms with Gasteiger partial charge in [-0.3, -0.25) is 4.79 Å². The summed E-state index contributed by atoms with van der Waals surface area (Å²) in [6.07, 6.45) is 8.41. The second-order valence-electron chi connectivity index (χ2n) is 4.89. The Morgan fingerprint density at radius 2 is 2.32 bits per heavy atom. The van der Waals surface area contributed by atoms with Crippen LogP contribution in [-0.4, -0.2) is 19.0 Å². The van der Waals surface area contributed by atoms with Crippen molar-refractivity contribution in [2.45, 2.75) is 38.6 Å². The van der Waals surface area contributed by atoms with Gasteiger partial charge in [-0.25, -0.2) is 0 Å². The molecule has 0 unspecified atom stereocenters. The van der Waals surface area contributed by atoms with Crippen LogP contribution >= 0.6 is 11.3 Å². The predicted octanol–water partition coefficient (Wildman–Crippen LogP) is 2.84. The molecule has 1 aliphatic rings. The van der Waals surface area contributed by atoms with Crippen LogP contribution in [0.15, 0.2) is 29.2 Å².